The van der Waals surface area contributed by atoms with Crippen molar-refractivity contribution in [3.8, 4) is 5.69 Å². The van der Waals surface area contributed by atoms with Crippen LogP contribution in [0, 0.1) is 33.5 Å². The third-order valence-corrected chi connectivity index (χ3v) is 6.82. The van der Waals surface area contributed by atoms with Crippen LogP contribution in [0.4, 0.5) is 21.7 Å². The second kappa shape index (κ2) is 9.17. The summed E-state index contributed by atoms with van der Waals surface area (Å²) in [5, 5.41) is 3.74. The zero-order valence-corrected chi connectivity index (χ0v) is 20.8. The molecular weight excluding hydrogens is 439 g/mol. The van der Waals surface area contributed by atoms with Crippen LogP contribution >= 0.6 is 0 Å². The standard InChI is InChI=1S/C29H31FN4O/c1-18-8-10-24(20(3)14-18)31-27-17-26(35)22-16-23(30)29(33-12-6-5-7-13-33)32-28(22)34(27)25-11-9-19(2)15-21(25)4/h8-11,14-17,31H,5-7,12-13H2,1-4H3. The summed E-state index contributed by atoms with van der Waals surface area (Å²) in [6, 6.07) is 15.2. The number of aromatic nitrogens is 2. The third kappa shape index (κ3) is 4.41. The number of benzene rings is 2. The minimum Gasteiger partial charge on any atom is -0.354 e. The Kier molecular flexibility index (Phi) is 6.05. The molecular formula is C29H31FN4O. The Morgan fingerprint density at radius 1 is 0.857 bits per heavy atom. The van der Waals surface area contributed by atoms with Crippen molar-refractivity contribution in [2.75, 3.05) is 23.3 Å². The number of hydrogen-bond donors (Lipinski definition) is 1. The van der Waals surface area contributed by atoms with Crippen molar-refractivity contribution in [1.29, 1.82) is 0 Å². The molecule has 3 heterocycles. The number of piperidine rings is 1. The zero-order valence-electron chi connectivity index (χ0n) is 20.8. The lowest BCUT2D eigenvalue weighted by Gasteiger charge is -2.28. The van der Waals surface area contributed by atoms with Gasteiger partial charge in [0.25, 0.3) is 0 Å². The number of halogens is 1. The molecule has 35 heavy (non-hydrogen) atoms. The quantitative estimate of drug-likeness (QED) is 0.370. The van der Waals surface area contributed by atoms with E-state index in [2.05, 4.69) is 31.3 Å². The van der Waals surface area contributed by atoms with Crippen LogP contribution < -0.4 is 15.6 Å². The molecule has 6 heteroatoms. The van der Waals surface area contributed by atoms with Gasteiger partial charge in [-0.25, -0.2) is 9.37 Å². The Morgan fingerprint density at radius 2 is 1.54 bits per heavy atom. The molecule has 0 amide bonds. The maximum atomic E-state index is 15.2. The van der Waals surface area contributed by atoms with Crippen LogP contribution in [0.25, 0.3) is 16.7 Å². The first-order valence-corrected chi connectivity index (χ1v) is 12.2. The number of rotatable bonds is 4. The number of fused-ring (bicyclic) bond motifs is 1. The van der Waals surface area contributed by atoms with Crippen LogP contribution in [0.1, 0.15) is 41.5 Å². The monoisotopic (exact) mass is 470 g/mol. The van der Waals surface area contributed by atoms with E-state index in [1.807, 2.05) is 47.6 Å². The average Bonchev–Trinajstić information content (AvgIpc) is 2.82. The summed E-state index contributed by atoms with van der Waals surface area (Å²) in [5.41, 5.74) is 6.44. The smallest absolute Gasteiger partial charge is 0.193 e. The van der Waals surface area contributed by atoms with Crippen LogP contribution in [0.15, 0.2) is 53.3 Å². The summed E-state index contributed by atoms with van der Waals surface area (Å²) in [7, 11) is 0. The fraction of sp³-hybridized carbons (Fsp3) is 0.310. The molecule has 2 aromatic heterocycles. The molecule has 0 bridgehead atoms. The molecule has 2 aromatic carbocycles. The molecule has 1 aliphatic heterocycles. The Balaban J connectivity index is 1.79. The Bertz CT molecular complexity index is 1480. The molecule has 1 fully saturated rings. The van der Waals surface area contributed by atoms with Gasteiger partial charge in [-0.15, -0.1) is 0 Å². The average molecular weight is 471 g/mol. The second-order valence-corrected chi connectivity index (χ2v) is 9.68. The molecule has 4 aromatic rings. The molecule has 5 rings (SSSR count). The van der Waals surface area contributed by atoms with Crippen LogP contribution in [0.5, 0.6) is 0 Å². The second-order valence-electron chi connectivity index (χ2n) is 9.68. The lowest BCUT2D eigenvalue weighted by molar-refractivity contribution is 0.551. The summed E-state index contributed by atoms with van der Waals surface area (Å²) < 4.78 is 17.2. The number of nitrogens with zero attached hydrogens (tertiary/aromatic N) is 3. The summed E-state index contributed by atoms with van der Waals surface area (Å²) in [6.07, 6.45) is 3.16. The molecule has 5 nitrogen and oxygen atoms in total. The molecule has 1 aliphatic rings. The van der Waals surface area contributed by atoms with Gasteiger partial charge >= 0.3 is 0 Å². The summed E-state index contributed by atoms with van der Waals surface area (Å²) in [6.45, 7) is 9.73. The highest BCUT2D eigenvalue weighted by atomic mass is 19.1. The highest BCUT2D eigenvalue weighted by Crippen LogP contribution is 2.31. The van der Waals surface area contributed by atoms with E-state index < -0.39 is 5.82 Å². The highest BCUT2D eigenvalue weighted by Gasteiger charge is 2.21. The zero-order chi connectivity index (χ0) is 24.7. The predicted octanol–water partition coefficient (Wildman–Crippen LogP) is 6.49. The Morgan fingerprint density at radius 3 is 2.23 bits per heavy atom. The van der Waals surface area contributed by atoms with E-state index in [0.29, 0.717) is 17.3 Å². The summed E-state index contributed by atoms with van der Waals surface area (Å²) in [4.78, 5) is 20.0. The van der Waals surface area contributed by atoms with E-state index >= 15 is 4.39 Å². The number of pyridine rings is 2. The van der Waals surface area contributed by atoms with Crippen molar-refractivity contribution in [3.05, 3.63) is 86.8 Å². The number of anilines is 3. The normalized spacial score (nSPS) is 13.9. The molecule has 0 radical (unpaired) electrons. The van der Waals surface area contributed by atoms with Gasteiger partial charge in [0, 0.05) is 24.8 Å². The lowest BCUT2D eigenvalue weighted by atomic mass is 10.1. The Labute approximate surface area is 205 Å². The lowest BCUT2D eigenvalue weighted by Crippen LogP contribution is -2.31. The number of nitrogens with one attached hydrogen (secondary N) is 1. The molecule has 0 spiro atoms. The molecule has 0 aliphatic carbocycles. The third-order valence-electron chi connectivity index (χ3n) is 6.82. The largest absolute Gasteiger partial charge is 0.354 e. The molecule has 1 N–H and O–H groups in total. The number of hydrogen-bond acceptors (Lipinski definition) is 4. The number of aryl methyl sites for hydroxylation is 4. The summed E-state index contributed by atoms with van der Waals surface area (Å²) >= 11 is 0. The molecule has 0 unspecified atom stereocenters. The first kappa shape index (κ1) is 23.1. The van der Waals surface area contributed by atoms with E-state index in [-0.39, 0.29) is 10.8 Å². The fourth-order valence-electron chi connectivity index (χ4n) is 5.01. The van der Waals surface area contributed by atoms with E-state index in [9.17, 15) is 4.79 Å². The van der Waals surface area contributed by atoms with Crippen LogP contribution in [0.2, 0.25) is 0 Å². The summed E-state index contributed by atoms with van der Waals surface area (Å²) in [5.74, 6) is 0.475. The maximum absolute atomic E-state index is 15.2. The van der Waals surface area contributed by atoms with Gasteiger partial charge in [0.2, 0.25) is 0 Å². The minimum atomic E-state index is -0.446. The van der Waals surface area contributed by atoms with Gasteiger partial charge in [-0.3, -0.25) is 9.36 Å². The maximum Gasteiger partial charge on any atom is 0.193 e. The molecule has 180 valence electrons. The van der Waals surface area contributed by atoms with Gasteiger partial charge in [-0.05, 0) is 76.3 Å². The molecule has 0 atom stereocenters. The minimum absolute atomic E-state index is 0.259. The van der Waals surface area contributed by atoms with E-state index in [1.54, 1.807) is 6.07 Å². The SMILES string of the molecule is Cc1ccc(Nc2cc(=O)c3cc(F)c(N4CCCCC4)nc3n2-c2ccc(C)cc2C)c(C)c1. The van der Waals surface area contributed by atoms with Crippen molar-refractivity contribution in [3.63, 3.8) is 0 Å². The van der Waals surface area contributed by atoms with Crippen molar-refractivity contribution >= 4 is 28.4 Å². The van der Waals surface area contributed by atoms with Crippen molar-refractivity contribution in [2.45, 2.75) is 47.0 Å². The Hall–Kier alpha value is -3.67. The van der Waals surface area contributed by atoms with Gasteiger partial charge in [-0.2, -0.15) is 0 Å². The van der Waals surface area contributed by atoms with Gasteiger partial charge in [-0.1, -0.05) is 35.4 Å². The van der Waals surface area contributed by atoms with Gasteiger partial charge in [0.1, 0.15) is 5.82 Å². The van der Waals surface area contributed by atoms with E-state index in [4.69, 9.17) is 4.98 Å². The van der Waals surface area contributed by atoms with Gasteiger partial charge < -0.3 is 10.2 Å². The van der Waals surface area contributed by atoms with Crippen LogP contribution in [-0.4, -0.2) is 22.6 Å². The molecule has 1 saturated heterocycles. The topological polar surface area (TPSA) is 50.2 Å². The van der Waals surface area contributed by atoms with Crippen LogP contribution in [0.3, 0.4) is 0 Å². The van der Waals surface area contributed by atoms with Crippen molar-refractivity contribution in [1.82, 2.24) is 9.55 Å². The van der Waals surface area contributed by atoms with E-state index in [0.717, 1.165) is 60.4 Å². The van der Waals surface area contributed by atoms with Crippen molar-refractivity contribution < 1.29 is 4.39 Å². The first-order chi connectivity index (χ1) is 16.8. The predicted molar refractivity (Wildman–Crippen MR) is 142 cm³/mol. The van der Waals surface area contributed by atoms with E-state index in [1.165, 1.54) is 11.6 Å². The van der Waals surface area contributed by atoms with Gasteiger partial charge in [0.05, 0.1) is 11.1 Å². The highest BCUT2D eigenvalue weighted by molar-refractivity contribution is 5.83. The fourth-order valence-corrected chi connectivity index (χ4v) is 5.01. The molecule has 0 saturated carbocycles. The first-order valence-electron chi connectivity index (χ1n) is 12.2. The van der Waals surface area contributed by atoms with Gasteiger partial charge in [0.15, 0.2) is 22.7 Å². The van der Waals surface area contributed by atoms with Crippen LogP contribution in [-0.2, 0) is 0 Å². The van der Waals surface area contributed by atoms with Crippen molar-refractivity contribution in [2.24, 2.45) is 0 Å².